The number of fused-ring (bicyclic) bond motifs is 1. The minimum absolute atomic E-state index is 0.210. The summed E-state index contributed by atoms with van der Waals surface area (Å²) in [5, 5.41) is 12.3. The molecule has 0 radical (unpaired) electrons. The van der Waals surface area contributed by atoms with Crippen LogP contribution in [0.25, 0.3) is 0 Å². The summed E-state index contributed by atoms with van der Waals surface area (Å²) >= 11 is 5.92. The van der Waals surface area contributed by atoms with Crippen molar-refractivity contribution in [2.75, 3.05) is 16.8 Å². The minimum atomic E-state index is -0.938. The van der Waals surface area contributed by atoms with Gasteiger partial charge in [-0.3, -0.25) is 19.4 Å². The fourth-order valence-electron chi connectivity index (χ4n) is 3.40. The molecular weight excluding hydrogens is 394 g/mol. The molecule has 29 heavy (non-hydrogen) atoms. The number of hydrogen-bond acceptors (Lipinski definition) is 6. The lowest BCUT2D eigenvalue weighted by atomic mass is 10.1. The fourth-order valence-corrected chi connectivity index (χ4v) is 3.59. The zero-order valence-electron chi connectivity index (χ0n) is 15.6. The average molecular weight is 412 g/mol. The first-order valence-electron chi connectivity index (χ1n) is 9.17. The second-order valence-corrected chi connectivity index (χ2v) is 7.22. The Morgan fingerprint density at radius 3 is 2.59 bits per heavy atom. The molecule has 2 aliphatic rings. The molecule has 2 atom stereocenters. The lowest BCUT2D eigenvalue weighted by Crippen LogP contribution is -2.43. The van der Waals surface area contributed by atoms with Crippen LogP contribution in [0, 0.1) is 0 Å². The standard InChI is InChI=1S/C20H18ClN5O3/c1-2-12-6-8-15(9-7-12)26-19(28)17-18(20(26)29)25(24-23-17)11-16(27)22-14-5-3-4-13(21)10-14/h3-10,17-18H,2,11H2,1H3,(H,22,27)/t17-,18-/m1/s1. The Balaban J connectivity index is 1.48. The van der Waals surface area contributed by atoms with E-state index in [1.165, 1.54) is 5.01 Å². The number of nitrogens with zero attached hydrogens (tertiary/aromatic N) is 4. The number of carbonyl (C=O) groups is 3. The van der Waals surface area contributed by atoms with Crippen LogP contribution < -0.4 is 10.2 Å². The Morgan fingerprint density at radius 2 is 1.90 bits per heavy atom. The van der Waals surface area contributed by atoms with Gasteiger partial charge in [0.15, 0.2) is 12.1 Å². The molecule has 0 unspecified atom stereocenters. The molecule has 9 heteroatoms. The molecule has 4 rings (SSSR count). The van der Waals surface area contributed by atoms with Gasteiger partial charge in [0.25, 0.3) is 11.8 Å². The Kier molecular flexibility index (Phi) is 5.02. The third-order valence-electron chi connectivity index (χ3n) is 4.87. The molecule has 2 aromatic rings. The summed E-state index contributed by atoms with van der Waals surface area (Å²) in [6, 6.07) is 12.1. The number of hydrogen-bond donors (Lipinski definition) is 1. The van der Waals surface area contributed by atoms with Crippen molar-refractivity contribution in [1.29, 1.82) is 0 Å². The van der Waals surface area contributed by atoms with Crippen LogP contribution in [0.5, 0.6) is 0 Å². The van der Waals surface area contributed by atoms with Gasteiger partial charge in [0.05, 0.1) is 5.69 Å². The van der Waals surface area contributed by atoms with Crippen LogP contribution in [0.4, 0.5) is 11.4 Å². The van der Waals surface area contributed by atoms with E-state index in [1.807, 2.05) is 19.1 Å². The van der Waals surface area contributed by atoms with E-state index in [0.717, 1.165) is 16.9 Å². The number of aryl methyl sites for hydroxylation is 1. The maximum atomic E-state index is 12.9. The largest absolute Gasteiger partial charge is 0.324 e. The summed E-state index contributed by atoms with van der Waals surface area (Å²) in [4.78, 5) is 39.2. The molecule has 1 saturated heterocycles. The van der Waals surface area contributed by atoms with Crippen LogP contribution in [-0.4, -0.2) is 41.4 Å². The van der Waals surface area contributed by atoms with E-state index in [-0.39, 0.29) is 6.54 Å². The van der Waals surface area contributed by atoms with Gasteiger partial charge in [-0.15, -0.1) is 0 Å². The Hall–Kier alpha value is -3.26. The first kappa shape index (κ1) is 19.1. The number of nitrogens with one attached hydrogen (secondary N) is 1. The molecule has 0 spiro atoms. The molecule has 3 amide bonds. The van der Waals surface area contributed by atoms with E-state index in [1.54, 1.807) is 36.4 Å². The van der Waals surface area contributed by atoms with Crippen LogP contribution in [-0.2, 0) is 20.8 Å². The third-order valence-corrected chi connectivity index (χ3v) is 5.11. The highest BCUT2D eigenvalue weighted by molar-refractivity contribution is 6.31. The predicted molar refractivity (Wildman–Crippen MR) is 108 cm³/mol. The molecule has 148 valence electrons. The van der Waals surface area contributed by atoms with Crippen molar-refractivity contribution >= 4 is 40.7 Å². The van der Waals surface area contributed by atoms with Gasteiger partial charge < -0.3 is 5.32 Å². The highest BCUT2D eigenvalue weighted by Crippen LogP contribution is 2.32. The average Bonchev–Trinajstić information content (AvgIpc) is 3.22. The molecular formula is C20H18ClN5O3. The molecule has 1 N–H and O–H groups in total. The van der Waals surface area contributed by atoms with Crippen molar-refractivity contribution < 1.29 is 14.4 Å². The second-order valence-electron chi connectivity index (χ2n) is 6.78. The fraction of sp³-hybridized carbons (Fsp3) is 0.250. The summed E-state index contributed by atoms with van der Waals surface area (Å²) in [7, 11) is 0. The van der Waals surface area contributed by atoms with E-state index >= 15 is 0 Å². The Morgan fingerprint density at radius 1 is 1.14 bits per heavy atom. The lowest BCUT2D eigenvalue weighted by molar-refractivity contribution is -0.123. The zero-order valence-corrected chi connectivity index (χ0v) is 16.3. The van der Waals surface area contributed by atoms with Gasteiger partial charge in [-0.05, 0) is 42.3 Å². The maximum Gasteiger partial charge on any atom is 0.263 e. The monoisotopic (exact) mass is 411 g/mol. The van der Waals surface area contributed by atoms with Crippen LogP contribution in [0.15, 0.2) is 58.9 Å². The molecule has 0 saturated carbocycles. The van der Waals surface area contributed by atoms with Crippen LogP contribution in [0.2, 0.25) is 5.02 Å². The summed E-state index contributed by atoms with van der Waals surface area (Å²) in [6.07, 6.45) is 0.858. The lowest BCUT2D eigenvalue weighted by Gasteiger charge is -2.20. The van der Waals surface area contributed by atoms with Gasteiger partial charge in [0, 0.05) is 10.7 Å². The van der Waals surface area contributed by atoms with Gasteiger partial charge in [-0.1, -0.05) is 41.9 Å². The molecule has 0 bridgehead atoms. The van der Waals surface area contributed by atoms with Crippen molar-refractivity contribution in [3.05, 3.63) is 59.1 Å². The van der Waals surface area contributed by atoms with Crippen molar-refractivity contribution in [3.63, 3.8) is 0 Å². The number of anilines is 2. The topological polar surface area (TPSA) is 94.4 Å². The molecule has 1 fully saturated rings. The first-order chi connectivity index (χ1) is 14.0. The van der Waals surface area contributed by atoms with Crippen molar-refractivity contribution in [2.24, 2.45) is 10.3 Å². The first-order valence-corrected chi connectivity index (χ1v) is 9.55. The number of halogens is 1. The Bertz CT molecular complexity index is 1010. The highest BCUT2D eigenvalue weighted by Gasteiger charge is 2.55. The van der Waals surface area contributed by atoms with Crippen LogP contribution in [0.3, 0.4) is 0 Å². The van der Waals surface area contributed by atoms with Crippen molar-refractivity contribution in [1.82, 2.24) is 5.01 Å². The summed E-state index contributed by atoms with van der Waals surface area (Å²) in [6.45, 7) is 1.82. The van der Waals surface area contributed by atoms with Gasteiger partial charge in [0.2, 0.25) is 5.91 Å². The molecule has 8 nitrogen and oxygen atoms in total. The third kappa shape index (κ3) is 3.58. The quantitative estimate of drug-likeness (QED) is 0.765. The van der Waals surface area contributed by atoms with Gasteiger partial charge in [-0.2, -0.15) is 5.11 Å². The molecule has 2 aliphatic heterocycles. The van der Waals surface area contributed by atoms with Gasteiger partial charge in [0.1, 0.15) is 6.54 Å². The summed E-state index contributed by atoms with van der Waals surface area (Å²) in [5.74, 6) is -1.27. The number of rotatable bonds is 5. The summed E-state index contributed by atoms with van der Waals surface area (Å²) < 4.78 is 0. The highest BCUT2D eigenvalue weighted by atomic mass is 35.5. The van der Waals surface area contributed by atoms with E-state index in [9.17, 15) is 14.4 Å². The molecule has 0 aliphatic carbocycles. The van der Waals surface area contributed by atoms with Crippen LogP contribution in [0.1, 0.15) is 12.5 Å². The predicted octanol–water partition coefficient (Wildman–Crippen LogP) is 2.83. The molecule has 0 aromatic heterocycles. The van der Waals surface area contributed by atoms with E-state index in [0.29, 0.717) is 16.4 Å². The molecule has 2 aromatic carbocycles. The summed E-state index contributed by atoms with van der Waals surface area (Å²) in [5.41, 5.74) is 2.12. The maximum absolute atomic E-state index is 12.9. The van der Waals surface area contributed by atoms with E-state index in [4.69, 9.17) is 11.6 Å². The Labute approximate surface area is 172 Å². The zero-order chi connectivity index (χ0) is 20.5. The second kappa shape index (κ2) is 7.63. The number of amides is 3. The normalized spacial score (nSPS) is 20.3. The van der Waals surface area contributed by atoms with E-state index < -0.39 is 29.8 Å². The minimum Gasteiger partial charge on any atom is -0.324 e. The number of benzene rings is 2. The van der Waals surface area contributed by atoms with Crippen molar-refractivity contribution in [2.45, 2.75) is 25.4 Å². The van der Waals surface area contributed by atoms with Crippen LogP contribution >= 0.6 is 11.6 Å². The van der Waals surface area contributed by atoms with Gasteiger partial charge >= 0.3 is 0 Å². The van der Waals surface area contributed by atoms with E-state index in [2.05, 4.69) is 15.7 Å². The van der Waals surface area contributed by atoms with Crippen molar-refractivity contribution in [3.8, 4) is 0 Å². The smallest absolute Gasteiger partial charge is 0.263 e. The van der Waals surface area contributed by atoms with Gasteiger partial charge in [-0.25, -0.2) is 4.90 Å². The SMILES string of the molecule is CCc1ccc(N2C(=O)[C@@H]3N=NN(CC(=O)Nc4cccc(Cl)c4)[C@H]3C2=O)cc1. The molecule has 2 heterocycles. The number of carbonyl (C=O) groups excluding carboxylic acids is 3. The number of imide groups is 1.